The highest BCUT2D eigenvalue weighted by atomic mass is 32.1. The Morgan fingerprint density at radius 1 is 1.13 bits per heavy atom. The third-order valence-electron chi connectivity index (χ3n) is 7.77. The molecule has 0 bridgehead atoms. The molecule has 0 aliphatic heterocycles. The van der Waals surface area contributed by atoms with Crippen molar-refractivity contribution in [3.8, 4) is 11.1 Å². The zero-order chi connectivity index (χ0) is 27.7. The molecule has 7 nitrogen and oxygen atoms in total. The fourth-order valence-corrected chi connectivity index (χ4v) is 6.12. The SMILES string of the molecule is CN(C)CCC(NC(=O)c1nc2cc3c(nc2s1)CC[C@H](C(C)(C)C)C3)c1ccc(-c2ccc(=O)[nH]c2)cc1. The first-order valence-corrected chi connectivity index (χ1v) is 14.4. The monoisotopic (exact) mass is 543 g/mol. The van der Waals surface area contributed by atoms with Crippen LogP contribution in [-0.2, 0) is 12.8 Å². The number of aryl methyl sites for hydroxylation is 1. The first-order chi connectivity index (χ1) is 18.6. The molecule has 2 N–H and O–H groups in total. The number of rotatable bonds is 7. The van der Waals surface area contributed by atoms with Crippen LogP contribution in [0.5, 0.6) is 0 Å². The topological polar surface area (TPSA) is 91.0 Å². The van der Waals surface area contributed by atoms with Crippen LogP contribution in [0.1, 0.15) is 66.3 Å². The summed E-state index contributed by atoms with van der Waals surface area (Å²) in [6.45, 7) is 7.76. The largest absolute Gasteiger partial charge is 0.343 e. The number of fused-ring (bicyclic) bond motifs is 2. The average molecular weight is 544 g/mol. The third kappa shape index (κ3) is 6.28. The van der Waals surface area contributed by atoms with Gasteiger partial charge in [-0.2, -0.15) is 0 Å². The van der Waals surface area contributed by atoms with Gasteiger partial charge in [0.2, 0.25) is 5.56 Å². The van der Waals surface area contributed by atoms with E-state index < -0.39 is 0 Å². The lowest BCUT2D eigenvalue weighted by molar-refractivity contribution is 0.0932. The van der Waals surface area contributed by atoms with Gasteiger partial charge in [0.25, 0.3) is 5.91 Å². The molecule has 0 spiro atoms. The summed E-state index contributed by atoms with van der Waals surface area (Å²) in [6, 6.07) is 13.5. The standard InChI is InChI=1S/C31H37N5O2S/c1-31(2,3)23-11-12-24-22(16-23)17-26-29(34-24)39-30(35-26)28(38)33-25(14-15-36(4)5)20-8-6-19(7-9-20)21-10-13-27(37)32-18-21/h6-10,13,17-18,23,25H,11-12,14-16H2,1-5H3,(H,32,37)(H,33,38)/t23-,25?/m0/s1. The zero-order valence-electron chi connectivity index (χ0n) is 23.4. The Kier molecular flexibility index (Phi) is 7.69. The van der Waals surface area contributed by atoms with Gasteiger partial charge in [0.15, 0.2) is 5.01 Å². The summed E-state index contributed by atoms with van der Waals surface area (Å²) >= 11 is 1.37. The third-order valence-corrected chi connectivity index (χ3v) is 8.73. The summed E-state index contributed by atoms with van der Waals surface area (Å²) in [5.41, 5.74) is 6.36. The second-order valence-electron chi connectivity index (χ2n) is 11.9. The van der Waals surface area contributed by atoms with Crippen molar-refractivity contribution < 1.29 is 4.79 Å². The molecule has 1 amide bonds. The molecule has 3 heterocycles. The number of aromatic nitrogens is 3. The number of H-pyrrole nitrogens is 1. The predicted molar refractivity (Wildman–Crippen MR) is 158 cm³/mol. The van der Waals surface area contributed by atoms with Crippen LogP contribution in [0, 0.1) is 11.3 Å². The molecule has 5 rings (SSSR count). The Labute approximate surface area is 233 Å². The van der Waals surface area contributed by atoms with Crippen molar-refractivity contribution in [3.63, 3.8) is 0 Å². The highest BCUT2D eigenvalue weighted by Crippen LogP contribution is 2.38. The van der Waals surface area contributed by atoms with Gasteiger partial charge < -0.3 is 15.2 Å². The number of thiazole rings is 1. The van der Waals surface area contributed by atoms with Gasteiger partial charge in [-0.05, 0) is 92.0 Å². The fourth-order valence-electron chi connectivity index (χ4n) is 5.28. The minimum atomic E-state index is -0.169. The van der Waals surface area contributed by atoms with Crippen molar-refractivity contribution in [3.05, 3.63) is 80.8 Å². The Balaban J connectivity index is 1.36. The van der Waals surface area contributed by atoms with Gasteiger partial charge >= 0.3 is 0 Å². The van der Waals surface area contributed by atoms with Crippen molar-refractivity contribution in [2.45, 2.75) is 52.5 Å². The maximum Gasteiger partial charge on any atom is 0.280 e. The number of hydrogen-bond acceptors (Lipinski definition) is 6. The van der Waals surface area contributed by atoms with Crippen LogP contribution in [-0.4, -0.2) is 46.4 Å². The molecule has 0 fully saturated rings. The molecule has 2 atom stereocenters. The highest BCUT2D eigenvalue weighted by Gasteiger charge is 2.30. The quantitative estimate of drug-likeness (QED) is 0.316. The van der Waals surface area contributed by atoms with Crippen LogP contribution in [0.4, 0.5) is 0 Å². The van der Waals surface area contributed by atoms with E-state index in [4.69, 9.17) is 9.97 Å². The van der Waals surface area contributed by atoms with Gasteiger partial charge in [-0.1, -0.05) is 56.4 Å². The van der Waals surface area contributed by atoms with Gasteiger partial charge in [-0.25, -0.2) is 9.97 Å². The summed E-state index contributed by atoms with van der Waals surface area (Å²) in [5, 5.41) is 3.69. The number of nitrogens with one attached hydrogen (secondary N) is 2. The van der Waals surface area contributed by atoms with E-state index in [0.717, 1.165) is 65.0 Å². The second-order valence-corrected chi connectivity index (χ2v) is 12.9. The minimum Gasteiger partial charge on any atom is -0.343 e. The maximum atomic E-state index is 13.4. The lowest BCUT2D eigenvalue weighted by Crippen LogP contribution is -2.31. The van der Waals surface area contributed by atoms with Crippen molar-refractivity contribution in [1.29, 1.82) is 0 Å². The maximum absolute atomic E-state index is 13.4. The molecule has 39 heavy (non-hydrogen) atoms. The van der Waals surface area contributed by atoms with Gasteiger partial charge in [-0.15, -0.1) is 0 Å². The number of carbonyl (C=O) groups is 1. The first kappa shape index (κ1) is 27.2. The number of amides is 1. The van der Waals surface area contributed by atoms with Crippen LogP contribution < -0.4 is 10.9 Å². The van der Waals surface area contributed by atoms with Crippen LogP contribution >= 0.6 is 11.3 Å². The molecule has 0 radical (unpaired) electrons. The van der Waals surface area contributed by atoms with E-state index in [1.165, 1.54) is 23.0 Å². The molecule has 1 aromatic carbocycles. The van der Waals surface area contributed by atoms with Crippen LogP contribution in [0.25, 0.3) is 21.5 Å². The number of carbonyl (C=O) groups excluding carboxylic acids is 1. The Hall–Kier alpha value is -3.36. The molecule has 8 heteroatoms. The van der Waals surface area contributed by atoms with Crippen molar-refractivity contribution in [2.24, 2.45) is 11.3 Å². The molecule has 1 aliphatic carbocycles. The smallest absolute Gasteiger partial charge is 0.280 e. The van der Waals surface area contributed by atoms with E-state index in [1.807, 2.05) is 38.4 Å². The van der Waals surface area contributed by atoms with Gasteiger partial charge in [0.1, 0.15) is 10.3 Å². The van der Waals surface area contributed by atoms with Crippen molar-refractivity contribution >= 4 is 27.6 Å². The Bertz CT molecular complexity index is 1510. The lowest BCUT2D eigenvalue weighted by Gasteiger charge is -2.34. The van der Waals surface area contributed by atoms with Gasteiger partial charge in [0, 0.05) is 18.0 Å². The summed E-state index contributed by atoms with van der Waals surface area (Å²) in [4.78, 5) is 40.1. The first-order valence-electron chi connectivity index (χ1n) is 13.6. The summed E-state index contributed by atoms with van der Waals surface area (Å²) in [6.07, 6.45) is 5.62. The van der Waals surface area contributed by atoms with E-state index in [-0.39, 0.29) is 22.9 Å². The molecular formula is C31H37N5O2S. The number of aromatic amines is 1. The van der Waals surface area contributed by atoms with Crippen LogP contribution in [0.15, 0.2) is 53.5 Å². The summed E-state index contributed by atoms with van der Waals surface area (Å²) < 4.78 is 0. The molecule has 1 unspecified atom stereocenters. The van der Waals surface area contributed by atoms with Crippen molar-refractivity contribution in [2.75, 3.05) is 20.6 Å². The molecule has 0 saturated carbocycles. The van der Waals surface area contributed by atoms with E-state index in [2.05, 4.69) is 42.0 Å². The number of benzene rings is 1. The molecule has 4 aromatic rings. The number of hydrogen-bond donors (Lipinski definition) is 2. The van der Waals surface area contributed by atoms with Crippen LogP contribution in [0.2, 0.25) is 0 Å². The van der Waals surface area contributed by atoms with E-state index in [9.17, 15) is 9.59 Å². The zero-order valence-corrected chi connectivity index (χ0v) is 24.2. The Morgan fingerprint density at radius 3 is 2.54 bits per heavy atom. The molecule has 1 aliphatic rings. The lowest BCUT2D eigenvalue weighted by atomic mass is 9.71. The normalized spacial score (nSPS) is 16.3. The molecule has 0 saturated heterocycles. The van der Waals surface area contributed by atoms with Crippen molar-refractivity contribution in [1.82, 2.24) is 25.2 Å². The molecule has 3 aromatic heterocycles. The average Bonchev–Trinajstić information content (AvgIpc) is 3.32. The van der Waals surface area contributed by atoms with Gasteiger partial charge in [0.05, 0.1) is 6.04 Å². The van der Waals surface area contributed by atoms with E-state index >= 15 is 0 Å². The minimum absolute atomic E-state index is 0.124. The van der Waals surface area contributed by atoms with E-state index in [0.29, 0.717) is 10.9 Å². The Morgan fingerprint density at radius 2 is 1.87 bits per heavy atom. The number of nitrogens with zero attached hydrogens (tertiary/aromatic N) is 3. The summed E-state index contributed by atoms with van der Waals surface area (Å²) in [7, 11) is 4.06. The molecular weight excluding hydrogens is 506 g/mol. The second kappa shape index (κ2) is 11.0. The highest BCUT2D eigenvalue weighted by molar-refractivity contribution is 7.19. The predicted octanol–water partition coefficient (Wildman–Crippen LogP) is 5.62. The van der Waals surface area contributed by atoms with Gasteiger partial charge in [-0.3, -0.25) is 9.59 Å². The van der Waals surface area contributed by atoms with E-state index in [1.54, 1.807) is 12.3 Å². The molecule has 204 valence electrons. The summed E-state index contributed by atoms with van der Waals surface area (Å²) in [5.74, 6) is 0.454. The fraction of sp³-hybridized carbons (Fsp3) is 0.419. The van der Waals surface area contributed by atoms with Crippen LogP contribution in [0.3, 0.4) is 0 Å². The number of pyridine rings is 2.